The van der Waals surface area contributed by atoms with Crippen LogP contribution in [0.25, 0.3) is 0 Å². The maximum absolute atomic E-state index is 12.6. The average molecular weight is 325 g/mol. The number of rotatable bonds is 4. The molecule has 2 rings (SSSR count). The summed E-state index contributed by atoms with van der Waals surface area (Å²) in [4.78, 5) is 24.5. The van der Waals surface area contributed by atoms with Gasteiger partial charge in [-0.3, -0.25) is 4.79 Å². The molecule has 3 N–H and O–H groups in total. The van der Waals surface area contributed by atoms with Crippen molar-refractivity contribution < 1.29 is 9.59 Å². The maximum Gasteiger partial charge on any atom is 0.319 e. The third-order valence-corrected chi connectivity index (χ3v) is 3.48. The minimum absolute atomic E-state index is 0.0293. The fourth-order valence-corrected chi connectivity index (χ4v) is 2.29. The van der Waals surface area contributed by atoms with Gasteiger partial charge in [-0.25, -0.2) is 4.79 Å². The molecule has 0 spiro atoms. The number of benzene rings is 2. The number of hydrogen-bond acceptors (Lipinski definition) is 2. The van der Waals surface area contributed by atoms with Crippen LogP contribution in [0.15, 0.2) is 42.5 Å². The summed E-state index contributed by atoms with van der Waals surface area (Å²) in [5.41, 5.74) is 3.66. The van der Waals surface area contributed by atoms with Crippen LogP contribution in [0.5, 0.6) is 0 Å². The van der Waals surface area contributed by atoms with Gasteiger partial charge in [0.25, 0.3) is 5.91 Å². The van der Waals surface area contributed by atoms with Gasteiger partial charge in [0.05, 0.1) is 11.4 Å². The number of hydrogen-bond donors (Lipinski definition) is 3. The zero-order chi connectivity index (χ0) is 17.7. The zero-order valence-corrected chi connectivity index (χ0v) is 14.4. The van der Waals surface area contributed by atoms with Crippen LogP contribution in [0.1, 0.15) is 35.3 Å². The molecule has 0 fully saturated rings. The smallest absolute Gasteiger partial charge is 0.319 e. The first-order valence-electron chi connectivity index (χ1n) is 7.92. The minimum atomic E-state index is -0.307. The fraction of sp³-hybridized carbons (Fsp3) is 0.263. The molecule has 2 aromatic rings. The van der Waals surface area contributed by atoms with Gasteiger partial charge in [0.2, 0.25) is 0 Å². The summed E-state index contributed by atoms with van der Waals surface area (Å²) in [6, 6.07) is 12.6. The van der Waals surface area contributed by atoms with Crippen LogP contribution in [0.3, 0.4) is 0 Å². The monoisotopic (exact) mass is 325 g/mol. The summed E-state index contributed by atoms with van der Waals surface area (Å²) in [6.07, 6.45) is 0. The summed E-state index contributed by atoms with van der Waals surface area (Å²) in [6.45, 7) is 7.61. The van der Waals surface area contributed by atoms with Crippen molar-refractivity contribution in [3.8, 4) is 0 Å². The summed E-state index contributed by atoms with van der Waals surface area (Å²) in [5, 5.41) is 8.39. The first kappa shape index (κ1) is 17.5. The number of amides is 3. The fourth-order valence-electron chi connectivity index (χ4n) is 2.29. The van der Waals surface area contributed by atoms with E-state index in [-0.39, 0.29) is 18.0 Å². The SMILES string of the molecule is Cc1ccc(C)c(C(=O)Nc2ccccc2NC(=O)NC(C)C)c1. The Balaban J connectivity index is 2.19. The number of carbonyl (C=O) groups excluding carboxylic acids is 2. The molecular formula is C19H23N3O2. The van der Waals surface area contributed by atoms with Crippen molar-refractivity contribution in [3.63, 3.8) is 0 Å². The van der Waals surface area contributed by atoms with Crippen LogP contribution in [-0.2, 0) is 0 Å². The summed E-state index contributed by atoms with van der Waals surface area (Å²) < 4.78 is 0. The minimum Gasteiger partial charge on any atom is -0.336 e. The van der Waals surface area contributed by atoms with Crippen molar-refractivity contribution in [1.29, 1.82) is 0 Å². The molecule has 2 aromatic carbocycles. The van der Waals surface area contributed by atoms with Gasteiger partial charge in [-0.2, -0.15) is 0 Å². The molecule has 126 valence electrons. The molecule has 24 heavy (non-hydrogen) atoms. The number of aryl methyl sites for hydroxylation is 2. The molecule has 0 radical (unpaired) electrons. The van der Waals surface area contributed by atoms with Gasteiger partial charge in [0.15, 0.2) is 0 Å². The number of nitrogens with one attached hydrogen (secondary N) is 3. The molecule has 0 aliphatic heterocycles. The lowest BCUT2D eigenvalue weighted by Crippen LogP contribution is -2.34. The topological polar surface area (TPSA) is 70.2 Å². The standard InChI is InChI=1S/C19H23N3O2/c1-12(2)20-19(24)22-17-8-6-5-7-16(17)21-18(23)15-11-13(3)9-10-14(15)4/h5-12H,1-4H3,(H,21,23)(H2,20,22,24). The first-order chi connectivity index (χ1) is 11.4. The van der Waals surface area contributed by atoms with Crippen LogP contribution < -0.4 is 16.0 Å². The van der Waals surface area contributed by atoms with E-state index in [4.69, 9.17) is 0 Å². The van der Waals surface area contributed by atoms with E-state index in [0.717, 1.165) is 11.1 Å². The van der Waals surface area contributed by atoms with Gasteiger partial charge in [-0.05, 0) is 51.5 Å². The molecule has 0 unspecified atom stereocenters. The van der Waals surface area contributed by atoms with Gasteiger partial charge in [0, 0.05) is 11.6 Å². The summed E-state index contributed by atoms with van der Waals surface area (Å²) >= 11 is 0. The molecule has 0 saturated carbocycles. The Morgan fingerprint density at radius 3 is 2.17 bits per heavy atom. The second kappa shape index (κ2) is 7.64. The number of anilines is 2. The Hall–Kier alpha value is -2.82. The third-order valence-electron chi connectivity index (χ3n) is 3.48. The highest BCUT2D eigenvalue weighted by atomic mass is 16.2. The molecular weight excluding hydrogens is 302 g/mol. The normalized spacial score (nSPS) is 10.4. The maximum atomic E-state index is 12.6. The Morgan fingerprint density at radius 1 is 0.917 bits per heavy atom. The van der Waals surface area contributed by atoms with Gasteiger partial charge < -0.3 is 16.0 Å². The van der Waals surface area contributed by atoms with Gasteiger partial charge in [0.1, 0.15) is 0 Å². The van der Waals surface area contributed by atoms with E-state index in [1.807, 2.05) is 52.0 Å². The van der Waals surface area contributed by atoms with Crippen molar-refractivity contribution in [2.75, 3.05) is 10.6 Å². The lowest BCUT2D eigenvalue weighted by atomic mass is 10.0. The predicted octanol–water partition coefficient (Wildman–Crippen LogP) is 4.09. The molecule has 5 heteroatoms. The molecule has 0 atom stereocenters. The van der Waals surface area contributed by atoms with E-state index in [2.05, 4.69) is 16.0 Å². The van der Waals surface area contributed by atoms with Crippen LogP contribution in [0.4, 0.5) is 16.2 Å². The predicted molar refractivity (Wildman–Crippen MR) is 97.6 cm³/mol. The Kier molecular flexibility index (Phi) is 5.58. The van der Waals surface area contributed by atoms with Gasteiger partial charge >= 0.3 is 6.03 Å². The van der Waals surface area contributed by atoms with Crippen molar-refractivity contribution in [1.82, 2.24) is 5.32 Å². The van der Waals surface area contributed by atoms with E-state index in [1.165, 1.54) is 0 Å². The largest absolute Gasteiger partial charge is 0.336 e. The Labute approximate surface area is 142 Å². The highest BCUT2D eigenvalue weighted by Crippen LogP contribution is 2.22. The highest BCUT2D eigenvalue weighted by Gasteiger charge is 2.13. The first-order valence-corrected chi connectivity index (χ1v) is 7.92. The molecule has 5 nitrogen and oxygen atoms in total. The molecule has 0 aliphatic rings. The molecule has 0 heterocycles. The van der Waals surface area contributed by atoms with E-state index in [9.17, 15) is 9.59 Å². The van der Waals surface area contributed by atoms with Crippen LogP contribution in [0.2, 0.25) is 0 Å². The summed E-state index contributed by atoms with van der Waals surface area (Å²) in [7, 11) is 0. The zero-order valence-electron chi connectivity index (χ0n) is 14.4. The molecule has 0 saturated heterocycles. The molecule has 0 aromatic heterocycles. The summed E-state index contributed by atoms with van der Waals surface area (Å²) in [5.74, 6) is -0.199. The lowest BCUT2D eigenvalue weighted by Gasteiger charge is -2.15. The molecule has 0 aliphatic carbocycles. The highest BCUT2D eigenvalue weighted by molar-refractivity contribution is 6.08. The lowest BCUT2D eigenvalue weighted by molar-refractivity contribution is 0.102. The second-order valence-corrected chi connectivity index (χ2v) is 6.07. The van der Waals surface area contributed by atoms with Crippen molar-refractivity contribution in [2.24, 2.45) is 0 Å². The Morgan fingerprint density at radius 2 is 1.54 bits per heavy atom. The van der Waals surface area contributed by atoms with Crippen LogP contribution in [-0.4, -0.2) is 18.0 Å². The van der Waals surface area contributed by atoms with E-state index in [0.29, 0.717) is 16.9 Å². The van der Waals surface area contributed by atoms with E-state index >= 15 is 0 Å². The van der Waals surface area contributed by atoms with E-state index < -0.39 is 0 Å². The molecule has 0 bridgehead atoms. The van der Waals surface area contributed by atoms with E-state index in [1.54, 1.807) is 18.2 Å². The van der Waals surface area contributed by atoms with Crippen molar-refractivity contribution in [2.45, 2.75) is 33.7 Å². The van der Waals surface area contributed by atoms with Gasteiger partial charge in [-0.15, -0.1) is 0 Å². The second-order valence-electron chi connectivity index (χ2n) is 6.07. The van der Waals surface area contributed by atoms with Gasteiger partial charge in [-0.1, -0.05) is 29.8 Å². The average Bonchev–Trinajstić information content (AvgIpc) is 2.50. The number of para-hydroxylation sites is 2. The van der Waals surface area contributed by atoms with Crippen molar-refractivity contribution >= 4 is 23.3 Å². The molecule has 3 amide bonds. The Bertz CT molecular complexity index is 754. The quantitative estimate of drug-likeness (QED) is 0.792. The van der Waals surface area contributed by atoms with Crippen molar-refractivity contribution in [3.05, 3.63) is 59.2 Å². The third kappa shape index (κ3) is 4.59. The number of urea groups is 1. The van der Waals surface area contributed by atoms with Crippen LogP contribution >= 0.6 is 0 Å². The van der Waals surface area contributed by atoms with Crippen LogP contribution in [0, 0.1) is 13.8 Å². The number of carbonyl (C=O) groups is 2.